The van der Waals surface area contributed by atoms with Crippen LogP contribution in [-0.4, -0.2) is 47.3 Å². The van der Waals surface area contributed by atoms with Crippen molar-refractivity contribution in [3.63, 3.8) is 0 Å². The second-order valence-corrected chi connectivity index (χ2v) is 5.20. The average molecular weight is 273 g/mol. The molecule has 5 heteroatoms. The van der Waals surface area contributed by atoms with E-state index in [1.54, 1.807) is 7.11 Å². The third kappa shape index (κ3) is 2.41. The summed E-state index contributed by atoms with van der Waals surface area (Å²) < 4.78 is 5.40. The number of ether oxygens (including phenoxy) is 1. The summed E-state index contributed by atoms with van der Waals surface area (Å²) >= 11 is 0. The predicted molar refractivity (Wildman–Crippen MR) is 76.6 cm³/mol. The number of methoxy groups -OCH3 is 1. The molecular weight excluding hydrogens is 254 g/mol. The molecule has 0 spiro atoms. The molecule has 1 aliphatic heterocycles. The highest BCUT2D eigenvalue weighted by Gasteiger charge is 2.24. The molecule has 20 heavy (non-hydrogen) atoms. The van der Waals surface area contributed by atoms with E-state index in [0.29, 0.717) is 5.69 Å². The van der Waals surface area contributed by atoms with Gasteiger partial charge in [0.05, 0.1) is 11.6 Å². The van der Waals surface area contributed by atoms with Crippen molar-refractivity contribution in [1.29, 1.82) is 0 Å². The van der Waals surface area contributed by atoms with E-state index in [0.717, 1.165) is 43.3 Å². The van der Waals surface area contributed by atoms with E-state index < -0.39 is 0 Å². The number of nitrogens with one attached hydrogen (secondary N) is 1. The fourth-order valence-corrected chi connectivity index (χ4v) is 2.78. The van der Waals surface area contributed by atoms with E-state index in [4.69, 9.17) is 4.74 Å². The van der Waals surface area contributed by atoms with E-state index in [2.05, 4.69) is 10.2 Å². The van der Waals surface area contributed by atoms with Crippen molar-refractivity contribution in [2.45, 2.75) is 25.4 Å². The van der Waals surface area contributed by atoms with Crippen LogP contribution in [0.2, 0.25) is 0 Å². The molecule has 1 aromatic carbocycles. The molecule has 3 rings (SSSR count). The fraction of sp³-hybridized carbons (Fsp3) is 0.467. The summed E-state index contributed by atoms with van der Waals surface area (Å²) in [7, 11) is 1.74. The van der Waals surface area contributed by atoms with Gasteiger partial charge in [-0.15, -0.1) is 0 Å². The van der Waals surface area contributed by atoms with Crippen molar-refractivity contribution < 1.29 is 9.53 Å². The molecule has 1 saturated heterocycles. The molecule has 1 fully saturated rings. The molecule has 1 atom stereocenters. The van der Waals surface area contributed by atoms with Gasteiger partial charge in [0.2, 0.25) is 0 Å². The van der Waals surface area contributed by atoms with Crippen LogP contribution >= 0.6 is 0 Å². The van der Waals surface area contributed by atoms with Crippen molar-refractivity contribution in [2.75, 3.05) is 20.2 Å². The summed E-state index contributed by atoms with van der Waals surface area (Å²) in [6, 6.07) is 7.73. The van der Waals surface area contributed by atoms with Crippen LogP contribution in [0, 0.1) is 0 Å². The van der Waals surface area contributed by atoms with Gasteiger partial charge in [0.15, 0.2) is 5.69 Å². The highest BCUT2D eigenvalue weighted by Crippen LogP contribution is 2.19. The van der Waals surface area contributed by atoms with Gasteiger partial charge in [-0.3, -0.25) is 9.89 Å². The van der Waals surface area contributed by atoms with Gasteiger partial charge in [0, 0.05) is 25.6 Å². The monoisotopic (exact) mass is 273 g/mol. The molecule has 0 radical (unpaired) electrons. The Hall–Kier alpha value is -1.88. The smallest absolute Gasteiger partial charge is 0.274 e. The number of aromatic amines is 1. The molecule has 1 aliphatic rings. The van der Waals surface area contributed by atoms with E-state index in [1.165, 1.54) is 0 Å². The zero-order valence-electron chi connectivity index (χ0n) is 11.6. The van der Waals surface area contributed by atoms with E-state index in [9.17, 15) is 4.79 Å². The first-order valence-corrected chi connectivity index (χ1v) is 7.05. The Morgan fingerprint density at radius 3 is 3.05 bits per heavy atom. The zero-order chi connectivity index (χ0) is 13.9. The Kier molecular flexibility index (Phi) is 3.69. The summed E-state index contributed by atoms with van der Waals surface area (Å²) in [5.41, 5.74) is 1.43. The van der Waals surface area contributed by atoms with Crippen LogP contribution < -0.4 is 0 Å². The number of benzene rings is 1. The van der Waals surface area contributed by atoms with Crippen LogP contribution in [0.3, 0.4) is 0 Å². The number of carbonyl (C=O) groups is 1. The summed E-state index contributed by atoms with van der Waals surface area (Å²) in [5, 5.41) is 8.01. The van der Waals surface area contributed by atoms with E-state index in [-0.39, 0.29) is 12.0 Å². The standard InChI is InChI=1S/C15H19N3O2/c1-20-11-5-4-9-18(10-8-11)15(19)14-12-6-2-3-7-13(12)16-17-14/h2-3,6-7,11H,4-5,8-10H2,1H3,(H,16,17). The van der Waals surface area contributed by atoms with Crippen molar-refractivity contribution in [3.8, 4) is 0 Å². The first-order valence-electron chi connectivity index (χ1n) is 7.05. The van der Waals surface area contributed by atoms with Crippen molar-refractivity contribution in [3.05, 3.63) is 30.0 Å². The number of carbonyl (C=O) groups excluding carboxylic acids is 1. The Morgan fingerprint density at radius 1 is 1.35 bits per heavy atom. The Balaban J connectivity index is 1.81. The third-order valence-corrected chi connectivity index (χ3v) is 3.97. The van der Waals surface area contributed by atoms with Crippen LogP contribution in [0.15, 0.2) is 24.3 Å². The summed E-state index contributed by atoms with van der Waals surface area (Å²) in [4.78, 5) is 14.5. The van der Waals surface area contributed by atoms with E-state index >= 15 is 0 Å². The maximum absolute atomic E-state index is 12.6. The van der Waals surface area contributed by atoms with Crippen LogP contribution in [0.25, 0.3) is 10.9 Å². The number of para-hydroxylation sites is 1. The van der Waals surface area contributed by atoms with Gasteiger partial charge < -0.3 is 9.64 Å². The SMILES string of the molecule is COC1CCCN(C(=O)c2n[nH]c3ccccc23)CC1. The van der Waals surface area contributed by atoms with Crippen molar-refractivity contribution in [2.24, 2.45) is 0 Å². The number of nitrogens with zero attached hydrogens (tertiary/aromatic N) is 2. The Morgan fingerprint density at radius 2 is 2.20 bits per heavy atom. The minimum absolute atomic E-state index is 0.0132. The zero-order valence-corrected chi connectivity index (χ0v) is 11.6. The first kappa shape index (κ1) is 13.1. The molecule has 5 nitrogen and oxygen atoms in total. The number of hydrogen-bond donors (Lipinski definition) is 1. The summed E-state index contributed by atoms with van der Waals surface area (Å²) in [6.07, 6.45) is 3.16. The molecule has 0 aliphatic carbocycles. The predicted octanol–water partition coefficient (Wildman–Crippen LogP) is 2.20. The number of amides is 1. The maximum Gasteiger partial charge on any atom is 0.274 e. The molecule has 1 N–H and O–H groups in total. The molecule has 2 heterocycles. The highest BCUT2D eigenvalue weighted by atomic mass is 16.5. The lowest BCUT2D eigenvalue weighted by Crippen LogP contribution is -2.32. The van der Waals surface area contributed by atoms with Crippen molar-refractivity contribution in [1.82, 2.24) is 15.1 Å². The molecule has 0 saturated carbocycles. The molecule has 106 valence electrons. The van der Waals surface area contributed by atoms with Crippen LogP contribution in [-0.2, 0) is 4.74 Å². The second kappa shape index (κ2) is 5.63. The van der Waals surface area contributed by atoms with Gasteiger partial charge in [0.25, 0.3) is 5.91 Å². The Bertz CT molecular complexity index is 608. The highest BCUT2D eigenvalue weighted by molar-refractivity contribution is 6.04. The summed E-state index contributed by atoms with van der Waals surface area (Å²) in [6.45, 7) is 1.51. The number of hydrogen-bond acceptors (Lipinski definition) is 3. The van der Waals surface area contributed by atoms with E-state index in [1.807, 2.05) is 29.2 Å². The lowest BCUT2D eigenvalue weighted by molar-refractivity contribution is 0.0720. The normalized spacial score (nSPS) is 20.1. The number of rotatable bonds is 2. The average Bonchev–Trinajstić information content (AvgIpc) is 2.76. The van der Waals surface area contributed by atoms with Gasteiger partial charge >= 0.3 is 0 Å². The van der Waals surface area contributed by atoms with Crippen molar-refractivity contribution >= 4 is 16.8 Å². The molecular formula is C15H19N3O2. The quantitative estimate of drug-likeness (QED) is 0.912. The fourth-order valence-electron chi connectivity index (χ4n) is 2.78. The van der Waals surface area contributed by atoms with Gasteiger partial charge in [-0.25, -0.2) is 0 Å². The minimum Gasteiger partial charge on any atom is -0.381 e. The largest absolute Gasteiger partial charge is 0.381 e. The Labute approximate surface area is 117 Å². The number of H-pyrrole nitrogens is 1. The van der Waals surface area contributed by atoms with Gasteiger partial charge in [0.1, 0.15) is 0 Å². The lowest BCUT2D eigenvalue weighted by atomic mass is 10.2. The topological polar surface area (TPSA) is 58.2 Å². The number of aromatic nitrogens is 2. The molecule has 2 aromatic rings. The number of fused-ring (bicyclic) bond motifs is 1. The van der Waals surface area contributed by atoms with Gasteiger partial charge in [-0.2, -0.15) is 5.10 Å². The van der Waals surface area contributed by atoms with Gasteiger partial charge in [-0.05, 0) is 25.3 Å². The van der Waals surface area contributed by atoms with Gasteiger partial charge in [-0.1, -0.05) is 18.2 Å². The maximum atomic E-state index is 12.6. The van der Waals surface area contributed by atoms with Crippen LogP contribution in [0.1, 0.15) is 29.8 Å². The molecule has 1 unspecified atom stereocenters. The second-order valence-electron chi connectivity index (χ2n) is 5.20. The third-order valence-electron chi connectivity index (χ3n) is 3.97. The van der Waals surface area contributed by atoms with Crippen LogP contribution in [0.5, 0.6) is 0 Å². The molecule has 0 bridgehead atoms. The minimum atomic E-state index is 0.0132. The first-order chi connectivity index (χ1) is 9.79. The van der Waals surface area contributed by atoms with Crippen LogP contribution in [0.4, 0.5) is 0 Å². The summed E-state index contributed by atoms with van der Waals surface area (Å²) in [5.74, 6) is 0.0132. The molecule has 1 amide bonds. The molecule has 1 aromatic heterocycles. The lowest BCUT2D eigenvalue weighted by Gasteiger charge is -2.19. The number of likely N-dealkylation sites (tertiary alicyclic amines) is 1.